The summed E-state index contributed by atoms with van der Waals surface area (Å²) in [6.45, 7) is 2.58. The first-order chi connectivity index (χ1) is 15.7. The summed E-state index contributed by atoms with van der Waals surface area (Å²) in [5.41, 5.74) is 0.639. The van der Waals surface area contributed by atoms with Gasteiger partial charge in [-0.1, -0.05) is 29.9 Å². The fraction of sp³-hybridized carbons (Fsp3) is 0.400. The number of benzene rings is 1. The Kier molecular flexibility index (Phi) is 5.16. The highest BCUT2D eigenvalue weighted by Gasteiger charge is 2.48. The molecule has 0 saturated carbocycles. The number of fused-ring (bicyclic) bond motifs is 4. The van der Waals surface area contributed by atoms with Gasteiger partial charge in [0, 0.05) is 44.0 Å². The van der Waals surface area contributed by atoms with E-state index in [1.54, 1.807) is 29.2 Å². The van der Waals surface area contributed by atoms with Gasteiger partial charge in [-0.3, -0.25) is 4.79 Å². The summed E-state index contributed by atoms with van der Waals surface area (Å²) in [7, 11) is 0. The Morgan fingerprint density at radius 2 is 1.91 bits per heavy atom. The number of aliphatic hydroxyl groups excluding tert-OH is 1. The Balaban J connectivity index is 1.46. The molecule has 2 aliphatic heterocycles. The number of carbonyl (C=O) groups excluding carboxylic acids is 1. The highest BCUT2D eigenvalue weighted by molar-refractivity contribution is 5.97. The van der Waals surface area contributed by atoms with Gasteiger partial charge >= 0.3 is 6.18 Å². The van der Waals surface area contributed by atoms with Crippen molar-refractivity contribution in [3.8, 4) is 11.4 Å². The van der Waals surface area contributed by atoms with E-state index in [1.807, 2.05) is 19.1 Å². The minimum absolute atomic E-state index is 0.0121. The van der Waals surface area contributed by atoms with Crippen molar-refractivity contribution >= 4 is 5.91 Å². The molecule has 1 amide bonds. The van der Waals surface area contributed by atoms with Gasteiger partial charge in [-0.2, -0.15) is 13.2 Å². The summed E-state index contributed by atoms with van der Waals surface area (Å²) >= 11 is 0. The first-order valence-corrected chi connectivity index (χ1v) is 11.1. The lowest BCUT2D eigenvalue weighted by Crippen LogP contribution is -2.50. The first-order valence-electron chi connectivity index (χ1n) is 11.1. The summed E-state index contributed by atoms with van der Waals surface area (Å²) in [6, 6.07) is 9.36. The molecule has 1 aromatic heterocycles. The average molecular weight is 458 g/mol. The number of carbonyl (C=O) groups is 1. The van der Waals surface area contributed by atoms with Gasteiger partial charge in [0.15, 0.2) is 5.60 Å². The smallest absolute Gasteiger partial charge is 0.431 e. The number of para-hydroxylation sites is 2. The zero-order chi connectivity index (χ0) is 23.4. The van der Waals surface area contributed by atoms with Crippen LogP contribution < -0.4 is 4.74 Å². The van der Waals surface area contributed by atoms with E-state index >= 15 is 0 Å². The minimum atomic E-state index is -4.50. The van der Waals surface area contributed by atoms with Crippen LogP contribution in [-0.4, -0.2) is 40.2 Å². The second kappa shape index (κ2) is 7.80. The van der Waals surface area contributed by atoms with E-state index in [0.29, 0.717) is 55.1 Å². The fourth-order valence-electron chi connectivity index (χ4n) is 5.19. The summed E-state index contributed by atoms with van der Waals surface area (Å²) in [5, 5.41) is 9.58. The molecule has 1 unspecified atom stereocenters. The van der Waals surface area contributed by atoms with Crippen LogP contribution in [0.4, 0.5) is 13.2 Å². The number of allylic oxidation sites excluding steroid dienone is 1. The predicted molar refractivity (Wildman–Crippen MR) is 116 cm³/mol. The van der Waals surface area contributed by atoms with Gasteiger partial charge in [0.25, 0.3) is 5.91 Å². The number of aromatic nitrogens is 1. The predicted octanol–water partition coefficient (Wildman–Crippen LogP) is 4.59. The third-order valence-electron chi connectivity index (χ3n) is 7.10. The lowest BCUT2D eigenvalue weighted by atomic mass is 9.85. The molecule has 1 aliphatic carbocycles. The van der Waals surface area contributed by atoms with Crippen LogP contribution in [0.3, 0.4) is 0 Å². The highest BCUT2D eigenvalue weighted by Crippen LogP contribution is 2.48. The SMILES string of the molecule is CC1=C(C(=O)N2CCC3(CC2)Oc2ccccc2-n2c(C(F)(F)F)ccc23)C=CCC1CO. The van der Waals surface area contributed by atoms with E-state index in [-0.39, 0.29) is 18.4 Å². The Hall–Kier alpha value is -3.00. The summed E-state index contributed by atoms with van der Waals surface area (Å²) < 4.78 is 49.0. The molecule has 1 aromatic carbocycles. The Morgan fingerprint density at radius 3 is 2.61 bits per heavy atom. The molecule has 3 heterocycles. The lowest BCUT2D eigenvalue weighted by Gasteiger charge is -2.45. The van der Waals surface area contributed by atoms with Crippen molar-refractivity contribution in [2.75, 3.05) is 19.7 Å². The number of alkyl halides is 3. The zero-order valence-corrected chi connectivity index (χ0v) is 18.2. The quantitative estimate of drug-likeness (QED) is 0.716. The Bertz CT molecular complexity index is 1150. The molecule has 0 bridgehead atoms. The van der Waals surface area contributed by atoms with E-state index in [4.69, 9.17) is 4.74 Å². The average Bonchev–Trinajstić information content (AvgIpc) is 3.27. The zero-order valence-electron chi connectivity index (χ0n) is 18.2. The molecule has 1 fully saturated rings. The molecule has 1 N–H and O–H groups in total. The molecule has 3 aliphatic rings. The standard InChI is InChI=1S/C25H25F3N2O3/c1-16-17(15-31)5-4-6-18(16)23(32)29-13-11-24(12-14-29)21-9-10-22(25(26,27)28)30(21)19-7-2-3-8-20(19)33-24/h2-4,6-10,17,31H,5,11-15H2,1H3. The molecule has 2 aromatic rings. The third-order valence-corrected chi connectivity index (χ3v) is 7.10. The van der Waals surface area contributed by atoms with E-state index in [1.165, 1.54) is 10.6 Å². The van der Waals surface area contributed by atoms with Crippen LogP contribution in [0, 0.1) is 5.92 Å². The second-order valence-corrected chi connectivity index (χ2v) is 8.91. The number of rotatable bonds is 2. The molecule has 5 nitrogen and oxygen atoms in total. The number of nitrogens with zero attached hydrogens (tertiary/aromatic N) is 2. The fourth-order valence-corrected chi connectivity index (χ4v) is 5.19. The van der Waals surface area contributed by atoms with Gasteiger partial charge in [0.2, 0.25) is 0 Å². The van der Waals surface area contributed by atoms with Gasteiger partial charge in [0.05, 0.1) is 11.4 Å². The first kappa shape index (κ1) is 21.8. The summed E-state index contributed by atoms with van der Waals surface area (Å²) in [4.78, 5) is 14.9. The molecule has 0 radical (unpaired) electrons. The van der Waals surface area contributed by atoms with Gasteiger partial charge in [-0.05, 0) is 37.6 Å². The number of ether oxygens (including phenoxy) is 1. The van der Waals surface area contributed by atoms with E-state index in [9.17, 15) is 23.1 Å². The molecule has 5 rings (SSSR count). The molecular weight excluding hydrogens is 433 g/mol. The number of amides is 1. The topological polar surface area (TPSA) is 54.7 Å². The van der Waals surface area contributed by atoms with Crippen molar-refractivity contribution in [3.63, 3.8) is 0 Å². The van der Waals surface area contributed by atoms with E-state index in [2.05, 4.69) is 0 Å². The van der Waals surface area contributed by atoms with Crippen LogP contribution in [0.5, 0.6) is 5.75 Å². The minimum Gasteiger partial charge on any atom is -0.479 e. The van der Waals surface area contributed by atoms with Crippen LogP contribution in [0.15, 0.2) is 59.7 Å². The van der Waals surface area contributed by atoms with Crippen LogP contribution in [0.25, 0.3) is 5.69 Å². The van der Waals surface area contributed by atoms with Crippen molar-refractivity contribution in [3.05, 3.63) is 71.1 Å². The number of hydrogen-bond acceptors (Lipinski definition) is 3. The van der Waals surface area contributed by atoms with Crippen molar-refractivity contribution in [1.29, 1.82) is 0 Å². The van der Waals surface area contributed by atoms with Crippen LogP contribution in [0.1, 0.15) is 37.6 Å². The van der Waals surface area contributed by atoms with Crippen molar-refractivity contribution in [1.82, 2.24) is 9.47 Å². The highest BCUT2D eigenvalue weighted by atomic mass is 19.4. The molecule has 1 saturated heterocycles. The molecular formula is C25H25F3N2O3. The maximum atomic E-state index is 13.8. The van der Waals surface area contributed by atoms with Gasteiger partial charge < -0.3 is 19.3 Å². The van der Waals surface area contributed by atoms with Gasteiger partial charge in [0.1, 0.15) is 11.4 Å². The van der Waals surface area contributed by atoms with Crippen LogP contribution in [0.2, 0.25) is 0 Å². The van der Waals surface area contributed by atoms with E-state index in [0.717, 1.165) is 11.6 Å². The summed E-state index contributed by atoms with van der Waals surface area (Å²) in [5.74, 6) is 0.234. The lowest BCUT2D eigenvalue weighted by molar-refractivity contribution is -0.143. The number of piperidine rings is 1. The van der Waals surface area contributed by atoms with Crippen molar-refractivity contribution < 1.29 is 27.8 Å². The Labute approximate surface area is 189 Å². The second-order valence-electron chi connectivity index (χ2n) is 8.91. The van der Waals surface area contributed by atoms with Crippen molar-refractivity contribution in [2.24, 2.45) is 5.92 Å². The molecule has 33 heavy (non-hydrogen) atoms. The number of likely N-dealkylation sites (tertiary alicyclic amines) is 1. The summed E-state index contributed by atoms with van der Waals surface area (Å²) in [6.07, 6.45) is 0.679. The van der Waals surface area contributed by atoms with Crippen LogP contribution in [-0.2, 0) is 16.6 Å². The van der Waals surface area contributed by atoms with E-state index < -0.39 is 17.5 Å². The monoisotopic (exact) mass is 458 g/mol. The van der Waals surface area contributed by atoms with Crippen molar-refractivity contribution in [2.45, 2.75) is 38.0 Å². The Morgan fingerprint density at radius 1 is 1.18 bits per heavy atom. The largest absolute Gasteiger partial charge is 0.479 e. The number of aliphatic hydroxyl groups is 1. The number of hydrogen-bond donors (Lipinski definition) is 1. The molecule has 1 spiro atoms. The third kappa shape index (κ3) is 3.47. The number of halogens is 3. The maximum absolute atomic E-state index is 13.8. The molecule has 8 heteroatoms. The molecule has 174 valence electrons. The van der Waals surface area contributed by atoms with Crippen LogP contribution >= 0.6 is 0 Å². The molecule has 1 atom stereocenters. The maximum Gasteiger partial charge on any atom is 0.431 e. The van der Waals surface area contributed by atoms with Gasteiger partial charge in [-0.15, -0.1) is 0 Å². The van der Waals surface area contributed by atoms with Gasteiger partial charge in [-0.25, -0.2) is 0 Å². The normalized spacial score (nSPS) is 21.6.